The second kappa shape index (κ2) is 7.60. The summed E-state index contributed by atoms with van der Waals surface area (Å²) in [5.74, 6) is 0.623. The van der Waals surface area contributed by atoms with E-state index in [0.29, 0.717) is 27.4 Å². The Kier molecular flexibility index (Phi) is 5.44. The second-order valence-corrected chi connectivity index (χ2v) is 6.87. The van der Waals surface area contributed by atoms with Gasteiger partial charge in [0.25, 0.3) is 0 Å². The number of halogens is 1. The number of aromatic nitrogens is 5. The van der Waals surface area contributed by atoms with Crippen LogP contribution in [0.4, 0.5) is 4.79 Å². The molecule has 3 aromatic rings. The molecule has 0 atom stereocenters. The van der Waals surface area contributed by atoms with Crippen molar-refractivity contribution in [3.63, 3.8) is 0 Å². The molecule has 0 N–H and O–H groups in total. The molecular weight excluding hydrogens is 449 g/mol. The summed E-state index contributed by atoms with van der Waals surface area (Å²) in [6, 6.07) is 1.90. The van der Waals surface area contributed by atoms with Crippen LogP contribution in [0.2, 0.25) is 0 Å². The van der Waals surface area contributed by atoms with E-state index in [0.717, 1.165) is 29.5 Å². The van der Waals surface area contributed by atoms with Gasteiger partial charge >= 0.3 is 6.09 Å². The molecule has 138 valence electrons. The van der Waals surface area contributed by atoms with E-state index < -0.39 is 6.09 Å². The maximum Gasteiger partial charge on any atom is 0.435 e. The summed E-state index contributed by atoms with van der Waals surface area (Å²) < 4.78 is 14.4. The molecule has 0 saturated carbocycles. The molecule has 0 amide bonds. The highest BCUT2D eigenvalue weighted by atomic mass is 127. The van der Waals surface area contributed by atoms with E-state index in [1.54, 1.807) is 18.0 Å². The molecule has 0 spiro atoms. The number of methoxy groups -OCH3 is 1. The molecule has 3 rings (SSSR count). The van der Waals surface area contributed by atoms with Crippen LogP contribution in [-0.2, 0) is 11.8 Å². The number of carbonyl (C=O) groups excluding carboxylic acids is 1. The molecule has 0 bridgehead atoms. The van der Waals surface area contributed by atoms with Gasteiger partial charge in [0.2, 0.25) is 5.88 Å². The third-order valence-electron chi connectivity index (χ3n) is 4.04. The molecule has 9 heteroatoms. The normalized spacial score (nSPS) is 11.1. The van der Waals surface area contributed by atoms with E-state index >= 15 is 0 Å². The Hall–Kier alpha value is -2.17. The van der Waals surface area contributed by atoms with Crippen molar-refractivity contribution in [1.29, 1.82) is 0 Å². The van der Waals surface area contributed by atoms with Gasteiger partial charge in [-0.15, -0.1) is 0 Å². The zero-order valence-corrected chi connectivity index (χ0v) is 17.3. The fourth-order valence-corrected chi connectivity index (χ4v) is 3.39. The Morgan fingerprint density at radius 1 is 1.38 bits per heavy atom. The first-order chi connectivity index (χ1) is 12.5. The lowest BCUT2D eigenvalue weighted by molar-refractivity contribution is 0.144. The number of ether oxygens (including phenoxy) is 2. The lowest BCUT2D eigenvalue weighted by atomic mass is 10.1. The first-order valence-electron chi connectivity index (χ1n) is 8.27. The zero-order valence-electron chi connectivity index (χ0n) is 15.1. The number of unbranched alkanes of at least 4 members (excludes halogenated alkanes) is 1. The van der Waals surface area contributed by atoms with Crippen molar-refractivity contribution in [2.45, 2.75) is 26.7 Å². The number of nitrogens with zero attached hydrogens (tertiary/aromatic N) is 5. The molecule has 0 aliphatic heterocycles. The second-order valence-electron chi connectivity index (χ2n) is 5.85. The Balaban J connectivity index is 2.07. The Labute approximate surface area is 164 Å². The molecule has 0 radical (unpaired) electrons. The van der Waals surface area contributed by atoms with Crippen molar-refractivity contribution in [2.75, 3.05) is 13.7 Å². The fraction of sp³-hybridized carbons (Fsp3) is 0.412. The molecular formula is C17H20IN5O3. The predicted octanol–water partition coefficient (Wildman–Crippen LogP) is 3.54. The minimum atomic E-state index is -0.483. The summed E-state index contributed by atoms with van der Waals surface area (Å²) >= 11 is 2.11. The van der Waals surface area contributed by atoms with Crippen LogP contribution in [0.25, 0.3) is 22.2 Å². The number of aryl methyl sites for hydroxylation is 2. The molecule has 0 aliphatic carbocycles. The van der Waals surface area contributed by atoms with Crippen LogP contribution in [0.15, 0.2) is 12.3 Å². The molecule has 0 fully saturated rings. The highest BCUT2D eigenvalue weighted by Gasteiger charge is 2.21. The molecule has 3 aromatic heterocycles. The van der Waals surface area contributed by atoms with Gasteiger partial charge in [-0.1, -0.05) is 13.3 Å². The predicted molar refractivity (Wildman–Crippen MR) is 105 cm³/mol. The topological polar surface area (TPSA) is 84.1 Å². The molecule has 0 aromatic carbocycles. The van der Waals surface area contributed by atoms with Gasteiger partial charge in [0.15, 0.2) is 0 Å². The van der Waals surface area contributed by atoms with Gasteiger partial charge in [0, 0.05) is 12.4 Å². The van der Waals surface area contributed by atoms with Gasteiger partial charge in [-0.25, -0.2) is 9.48 Å². The van der Waals surface area contributed by atoms with Crippen molar-refractivity contribution >= 4 is 39.6 Å². The molecule has 0 saturated heterocycles. The lowest BCUT2D eigenvalue weighted by Gasteiger charge is -2.08. The van der Waals surface area contributed by atoms with Crippen molar-refractivity contribution < 1.29 is 14.3 Å². The number of fused-ring (bicyclic) bond motifs is 1. The summed E-state index contributed by atoms with van der Waals surface area (Å²) in [4.78, 5) is 17.0. The van der Waals surface area contributed by atoms with Crippen LogP contribution in [0.3, 0.4) is 0 Å². The maximum atomic E-state index is 12.4. The average molecular weight is 469 g/mol. The number of hydrogen-bond donors (Lipinski definition) is 0. The first kappa shape index (κ1) is 18.6. The van der Waals surface area contributed by atoms with Crippen molar-refractivity contribution in [3.8, 4) is 17.1 Å². The van der Waals surface area contributed by atoms with Crippen LogP contribution in [0.1, 0.15) is 25.5 Å². The zero-order chi connectivity index (χ0) is 18.8. The third-order valence-corrected chi connectivity index (χ3v) is 4.84. The van der Waals surface area contributed by atoms with E-state index in [2.05, 4.69) is 37.8 Å². The fourth-order valence-electron chi connectivity index (χ4n) is 2.76. The van der Waals surface area contributed by atoms with E-state index in [1.165, 1.54) is 4.68 Å². The van der Waals surface area contributed by atoms with Crippen LogP contribution in [0, 0.1) is 10.6 Å². The van der Waals surface area contributed by atoms with Crippen molar-refractivity contribution in [1.82, 2.24) is 24.5 Å². The van der Waals surface area contributed by atoms with Gasteiger partial charge in [-0.3, -0.25) is 4.98 Å². The standard InChI is InChI=1S/C17H20IN5O3/c1-5-6-7-26-17(24)23-14-10(2)20-13(8-11(14)15(18)21-23)12-9-19-22(3)16(12)25-4/h8-9H,5-7H2,1-4H3. The van der Waals surface area contributed by atoms with E-state index in [9.17, 15) is 4.79 Å². The Bertz CT molecular complexity index is 963. The molecule has 26 heavy (non-hydrogen) atoms. The van der Waals surface area contributed by atoms with E-state index in [-0.39, 0.29) is 0 Å². The lowest BCUT2D eigenvalue weighted by Crippen LogP contribution is -2.16. The molecule has 3 heterocycles. The van der Waals surface area contributed by atoms with Crippen LogP contribution in [-0.4, -0.2) is 44.4 Å². The maximum absolute atomic E-state index is 12.4. The van der Waals surface area contributed by atoms with Crippen molar-refractivity contribution in [3.05, 3.63) is 21.7 Å². The van der Waals surface area contributed by atoms with E-state index in [4.69, 9.17) is 9.47 Å². The summed E-state index contributed by atoms with van der Waals surface area (Å²) in [6.45, 7) is 4.27. The summed E-state index contributed by atoms with van der Waals surface area (Å²) in [5, 5.41) is 9.41. The van der Waals surface area contributed by atoms with Crippen LogP contribution >= 0.6 is 22.6 Å². The van der Waals surface area contributed by atoms with Gasteiger partial charge in [-0.2, -0.15) is 14.9 Å². The number of hydrogen-bond acceptors (Lipinski definition) is 6. The smallest absolute Gasteiger partial charge is 0.435 e. The summed E-state index contributed by atoms with van der Waals surface area (Å²) in [7, 11) is 3.40. The van der Waals surface area contributed by atoms with Crippen LogP contribution < -0.4 is 4.74 Å². The van der Waals surface area contributed by atoms with Crippen LogP contribution in [0.5, 0.6) is 5.88 Å². The van der Waals surface area contributed by atoms with Gasteiger partial charge in [0.05, 0.1) is 36.9 Å². The van der Waals surface area contributed by atoms with Gasteiger partial charge < -0.3 is 9.47 Å². The monoisotopic (exact) mass is 469 g/mol. The quantitative estimate of drug-likeness (QED) is 0.420. The summed E-state index contributed by atoms with van der Waals surface area (Å²) in [5.41, 5.74) is 2.85. The Morgan fingerprint density at radius 2 is 2.15 bits per heavy atom. The SMILES string of the molecule is CCCCOC(=O)n1nc(I)c2cc(-c3cnn(C)c3OC)nc(C)c21. The highest BCUT2D eigenvalue weighted by molar-refractivity contribution is 14.1. The number of rotatable bonds is 5. The highest BCUT2D eigenvalue weighted by Crippen LogP contribution is 2.32. The average Bonchev–Trinajstić information content (AvgIpc) is 3.15. The number of carbonyl (C=O) groups is 1. The Morgan fingerprint density at radius 3 is 2.85 bits per heavy atom. The minimum Gasteiger partial charge on any atom is -0.481 e. The summed E-state index contributed by atoms with van der Waals surface area (Å²) in [6.07, 6.45) is 3.01. The third kappa shape index (κ3) is 3.27. The van der Waals surface area contributed by atoms with E-state index in [1.807, 2.05) is 27.0 Å². The molecule has 0 unspecified atom stereocenters. The number of pyridine rings is 1. The van der Waals surface area contributed by atoms with Crippen molar-refractivity contribution in [2.24, 2.45) is 7.05 Å². The van der Waals surface area contributed by atoms with Gasteiger partial charge in [0.1, 0.15) is 9.22 Å². The van der Waals surface area contributed by atoms with Gasteiger partial charge in [-0.05, 0) is 42.0 Å². The first-order valence-corrected chi connectivity index (χ1v) is 9.35. The molecule has 8 nitrogen and oxygen atoms in total. The minimum absolute atomic E-state index is 0.380. The largest absolute Gasteiger partial charge is 0.481 e. The molecule has 0 aliphatic rings.